The van der Waals surface area contributed by atoms with Gasteiger partial charge in [0.2, 0.25) is 0 Å². The summed E-state index contributed by atoms with van der Waals surface area (Å²) in [5, 5.41) is 0. The van der Waals surface area contributed by atoms with Gasteiger partial charge >= 0.3 is 0 Å². The minimum absolute atomic E-state index is 0.882. The fraction of sp³-hybridized carbons (Fsp3) is 0.610. The number of hydrogen-bond donors (Lipinski definition) is 0. The largest absolute Gasteiger partial charge is 0.255 e. The van der Waals surface area contributed by atoms with Crippen LogP contribution in [0, 0.1) is 11.8 Å². The zero-order valence-corrected chi connectivity index (χ0v) is 27.9. The lowest BCUT2D eigenvalue weighted by atomic mass is 10.0. The van der Waals surface area contributed by atoms with Crippen LogP contribution < -0.4 is 0 Å². The van der Waals surface area contributed by atoms with Crippen LogP contribution in [-0.4, -0.2) is 11.9 Å². The van der Waals surface area contributed by atoms with E-state index in [1.54, 1.807) is 0 Å². The maximum absolute atomic E-state index is 4.63. The lowest BCUT2D eigenvalue weighted by Gasteiger charge is -2.04. The van der Waals surface area contributed by atoms with E-state index in [1.807, 2.05) is 55.6 Å². The Morgan fingerprint density at radius 1 is 0.535 bits per heavy atom. The monoisotopic (exact) mass is 582 g/mol. The standard InChI is InChI=1S/C41H62N2/c1-3-4-5-6-7-8-9-10-11-12-13-14-15-16-17-18-19-20-21-22-23-24-25-27-30-39-33-35-41(36-34-39)43-38(2)37-42-40-31-28-26-29-32-40/h26,28-29,31-37H,3-25H2,1-2H3. The highest BCUT2D eigenvalue weighted by molar-refractivity contribution is 6.30. The molecule has 0 aliphatic heterocycles. The summed E-state index contributed by atoms with van der Waals surface area (Å²) in [6.07, 6.45) is 34.2. The Labute approximate surface area is 266 Å². The fourth-order valence-electron chi connectivity index (χ4n) is 5.52. The van der Waals surface area contributed by atoms with Crippen molar-refractivity contribution < 1.29 is 0 Å². The predicted octanol–water partition coefficient (Wildman–Crippen LogP) is 13.5. The molecule has 236 valence electrons. The zero-order chi connectivity index (χ0) is 30.5. The third-order valence-corrected chi connectivity index (χ3v) is 8.22. The summed E-state index contributed by atoms with van der Waals surface area (Å²) in [6.45, 7) is 4.27. The van der Waals surface area contributed by atoms with Gasteiger partial charge in [-0.1, -0.05) is 172 Å². The molecule has 0 radical (unpaired) electrons. The third kappa shape index (κ3) is 21.6. The molecular weight excluding hydrogens is 520 g/mol. The molecule has 0 fully saturated rings. The maximum Gasteiger partial charge on any atom is 0.0634 e. The van der Waals surface area contributed by atoms with Crippen LogP contribution in [-0.2, 0) is 0 Å². The molecule has 2 heteroatoms. The molecule has 0 N–H and O–H groups in total. The van der Waals surface area contributed by atoms with E-state index < -0.39 is 0 Å². The van der Waals surface area contributed by atoms with Crippen LogP contribution in [0.3, 0.4) is 0 Å². The second-order valence-electron chi connectivity index (χ2n) is 12.4. The van der Waals surface area contributed by atoms with Crippen LogP contribution >= 0.6 is 0 Å². The first-order valence-electron chi connectivity index (χ1n) is 18.0. The van der Waals surface area contributed by atoms with Gasteiger partial charge in [0.05, 0.1) is 17.1 Å². The molecule has 0 bridgehead atoms. The number of aliphatic imine (C=N–C) groups is 2. The van der Waals surface area contributed by atoms with Crippen molar-refractivity contribution in [2.45, 2.75) is 162 Å². The van der Waals surface area contributed by atoms with Crippen molar-refractivity contribution in [3.05, 3.63) is 60.2 Å². The van der Waals surface area contributed by atoms with Gasteiger partial charge in [-0.2, -0.15) is 0 Å². The molecule has 2 aromatic rings. The topological polar surface area (TPSA) is 24.7 Å². The smallest absolute Gasteiger partial charge is 0.0634 e. The summed E-state index contributed by atoms with van der Waals surface area (Å²) in [5.41, 5.74) is 3.82. The molecule has 0 heterocycles. The zero-order valence-electron chi connectivity index (χ0n) is 27.9. The van der Waals surface area contributed by atoms with E-state index in [0.29, 0.717) is 0 Å². The molecule has 0 unspecified atom stereocenters. The Bertz CT molecular complexity index is 1020. The van der Waals surface area contributed by atoms with Crippen LogP contribution in [0.4, 0.5) is 11.4 Å². The number of rotatable bonds is 25. The van der Waals surface area contributed by atoms with Crippen LogP contribution in [0.1, 0.15) is 167 Å². The highest BCUT2D eigenvalue weighted by Crippen LogP contribution is 2.16. The van der Waals surface area contributed by atoms with Crippen LogP contribution in [0.5, 0.6) is 0 Å². The van der Waals surface area contributed by atoms with Crippen LogP contribution in [0.15, 0.2) is 64.6 Å². The van der Waals surface area contributed by atoms with Crippen molar-refractivity contribution in [2.24, 2.45) is 9.98 Å². The van der Waals surface area contributed by atoms with E-state index in [0.717, 1.165) is 29.1 Å². The Balaban J connectivity index is 1.35. The van der Waals surface area contributed by atoms with E-state index in [2.05, 4.69) is 40.9 Å². The van der Waals surface area contributed by atoms with Crippen molar-refractivity contribution in [1.82, 2.24) is 0 Å². The molecule has 0 atom stereocenters. The quantitative estimate of drug-likeness (QED) is 0.0632. The van der Waals surface area contributed by atoms with Gasteiger partial charge in [0.1, 0.15) is 0 Å². The van der Waals surface area contributed by atoms with E-state index in [1.165, 1.54) is 141 Å². The minimum atomic E-state index is 0.882. The van der Waals surface area contributed by atoms with E-state index in [4.69, 9.17) is 0 Å². The van der Waals surface area contributed by atoms with Gasteiger partial charge in [-0.05, 0) is 49.7 Å². The lowest BCUT2D eigenvalue weighted by molar-refractivity contribution is 0.519. The molecule has 0 saturated heterocycles. The molecule has 0 spiro atoms. The van der Waals surface area contributed by atoms with Gasteiger partial charge in [-0.15, -0.1) is 0 Å². The summed E-state index contributed by atoms with van der Waals surface area (Å²) in [7, 11) is 0. The molecule has 2 rings (SSSR count). The number of unbranched alkanes of at least 4 members (excludes halogenated alkanes) is 22. The fourth-order valence-corrected chi connectivity index (χ4v) is 5.52. The minimum Gasteiger partial charge on any atom is -0.255 e. The van der Waals surface area contributed by atoms with Gasteiger partial charge in [0.25, 0.3) is 0 Å². The maximum atomic E-state index is 4.63. The van der Waals surface area contributed by atoms with E-state index in [-0.39, 0.29) is 0 Å². The van der Waals surface area contributed by atoms with Crippen LogP contribution in [0.25, 0.3) is 0 Å². The SMILES string of the molecule is CCCCCCCCCCCCCCCCCCCCCCCCC#Cc1ccc(N=C(C)C=Nc2ccccc2)cc1. The average Bonchev–Trinajstić information content (AvgIpc) is 3.03. The molecule has 0 aliphatic rings. The normalized spacial score (nSPS) is 11.6. The Hall–Kier alpha value is -2.66. The van der Waals surface area contributed by atoms with Crippen molar-refractivity contribution >= 4 is 23.3 Å². The van der Waals surface area contributed by atoms with Gasteiger partial charge in [0, 0.05) is 18.2 Å². The van der Waals surface area contributed by atoms with Crippen LogP contribution in [0.2, 0.25) is 0 Å². The molecule has 0 saturated carbocycles. The van der Waals surface area contributed by atoms with E-state index in [9.17, 15) is 0 Å². The summed E-state index contributed by atoms with van der Waals surface area (Å²) in [4.78, 5) is 9.09. The van der Waals surface area contributed by atoms with Crippen molar-refractivity contribution in [3.8, 4) is 11.8 Å². The number of hydrogen-bond acceptors (Lipinski definition) is 2. The number of nitrogens with zero attached hydrogens (tertiary/aromatic N) is 2. The summed E-state index contributed by atoms with van der Waals surface area (Å²) < 4.78 is 0. The van der Waals surface area contributed by atoms with Gasteiger partial charge in [-0.3, -0.25) is 9.98 Å². The molecular formula is C41H62N2. The average molecular weight is 583 g/mol. The van der Waals surface area contributed by atoms with Gasteiger partial charge in [-0.25, -0.2) is 0 Å². The summed E-state index contributed by atoms with van der Waals surface area (Å²) in [6, 6.07) is 18.1. The van der Waals surface area contributed by atoms with E-state index >= 15 is 0 Å². The first-order chi connectivity index (χ1) is 21.3. The predicted molar refractivity (Wildman–Crippen MR) is 193 cm³/mol. The molecule has 0 aliphatic carbocycles. The third-order valence-electron chi connectivity index (χ3n) is 8.22. The first kappa shape index (κ1) is 36.5. The Kier molecular flexibility index (Phi) is 22.9. The number of benzene rings is 2. The van der Waals surface area contributed by atoms with Gasteiger partial charge in [0.15, 0.2) is 0 Å². The second-order valence-corrected chi connectivity index (χ2v) is 12.4. The second kappa shape index (κ2) is 26.9. The van der Waals surface area contributed by atoms with Crippen molar-refractivity contribution in [3.63, 3.8) is 0 Å². The summed E-state index contributed by atoms with van der Waals surface area (Å²) in [5.74, 6) is 6.67. The Morgan fingerprint density at radius 3 is 1.44 bits per heavy atom. The van der Waals surface area contributed by atoms with Crippen molar-refractivity contribution in [2.75, 3.05) is 0 Å². The lowest BCUT2D eigenvalue weighted by Crippen LogP contribution is -1.90. The highest BCUT2D eigenvalue weighted by Gasteiger charge is 1.96. The van der Waals surface area contributed by atoms with Crippen molar-refractivity contribution in [1.29, 1.82) is 0 Å². The highest BCUT2D eigenvalue weighted by atomic mass is 14.8. The molecule has 0 amide bonds. The first-order valence-corrected chi connectivity index (χ1v) is 18.0. The molecule has 43 heavy (non-hydrogen) atoms. The summed E-state index contributed by atoms with van der Waals surface area (Å²) >= 11 is 0. The van der Waals surface area contributed by atoms with Gasteiger partial charge < -0.3 is 0 Å². The molecule has 0 aromatic heterocycles. The molecule has 2 aromatic carbocycles. The number of para-hydroxylation sites is 1. The molecule has 2 nitrogen and oxygen atoms in total. The Morgan fingerprint density at radius 2 is 0.977 bits per heavy atom.